The van der Waals surface area contributed by atoms with Gasteiger partial charge in [0.15, 0.2) is 0 Å². The summed E-state index contributed by atoms with van der Waals surface area (Å²) in [5.41, 5.74) is 0. The van der Waals surface area contributed by atoms with Gasteiger partial charge in [0.2, 0.25) is 0 Å². The Kier molecular flexibility index (Phi) is 11.6. The van der Waals surface area contributed by atoms with E-state index in [0.717, 1.165) is 13.0 Å². The van der Waals surface area contributed by atoms with Crippen LogP contribution in [0.5, 0.6) is 0 Å². The molecule has 0 aromatic heterocycles. The molecule has 5 nitrogen and oxygen atoms in total. The van der Waals surface area contributed by atoms with Crippen LogP contribution >= 0.6 is 0 Å². The summed E-state index contributed by atoms with van der Waals surface area (Å²) in [6.07, 6.45) is 3.25. The fourth-order valence-corrected chi connectivity index (χ4v) is 1.14. The molecule has 0 aliphatic heterocycles. The Hall–Kier alpha value is -0.810. The number of ether oxygens (including phenoxy) is 3. The zero-order valence-corrected chi connectivity index (χ0v) is 9.91. The second-order valence-electron chi connectivity index (χ2n) is 3.38. The third kappa shape index (κ3) is 13.2. The predicted molar refractivity (Wildman–Crippen MR) is 57.1 cm³/mol. The molecule has 0 saturated carbocycles. The van der Waals surface area contributed by atoms with Crippen molar-refractivity contribution in [1.82, 2.24) is 0 Å². The van der Waals surface area contributed by atoms with E-state index in [9.17, 15) is 9.90 Å². The SMILES string of the molecule is CCCCCCOCCOCCOC(=O)[O-]. The van der Waals surface area contributed by atoms with Crippen LogP contribution in [0.3, 0.4) is 0 Å². The summed E-state index contributed by atoms with van der Waals surface area (Å²) in [4.78, 5) is 9.85. The predicted octanol–water partition coefficient (Wildman–Crippen LogP) is 0.960. The summed E-state index contributed by atoms with van der Waals surface area (Å²) in [5, 5.41) is 9.85. The summed E-state index contributed by atoms with van der Waals surface area (Å²) in [7, 11) is 0. The number of carboxylic acid groups (broad SMARTS) is 1. The highest BCUT2D eigenvalue weighted by atomic mass is 16.7. The Morgan fingerprint density at radius 2 is 1.56 bits per heavy atom. The zero-order chi connectivity index (χ0) is 12.1. The van der Waals surface area contributed by atoms with Gasteiger partial charge in [0.1, 0.15) is 0 Å². The largest absolute Gasteiger partial charge is 0.547 e. The Morgan fingerprint density at radius 3 is 2.19 bits per heavy atom. The van der Waals surface area contributed by atoms with Gasteiger partial charge in [-0.3, -0.25) is 0 Å². The summed E-state index contributed by atoms with van der Waals surface area (Å²) >= 11 is 0. The number of carbonyl (C=O) groups is 1. The summed E-state index contributed by atoms with van der Waals surface area (Å²) in [6.45, 7) is 4.19. The first-order chi connectivity index (χ1) is 7.77. The molecular formula is C11H21O5-. The molecule has 0 unspecified atom stereocenters. The van der Waals surface area contributed by atoms with Gasteiger partial charge in [0, 0.05) is 6.61 Å². The lowest BCUT2D eigenvalue weighted by atomic mass is 10.2. The second kappa shape index (κ2) is 12.3. The van der Waals surface area contributed by atoms with Gasteiger partial charge in [-0.25, -0.2) is 0 Å². The van der Waals surface area contributed by atoms with Gasteiger partial charge in [-0.2, -0.15) is 0 Å². The van der Waals surface area contributed by atoms with Crippen molar-refractivity contribution in [3.63, 3.8) is 0 Å². The molecule has 0 fully saturated rings. The maximum absolute atomic E-state index is 9.85. The number of carbonyl (C=O) groups excluding carboxylic acids is 1. The number of unbranched alkanes of at least 4 members (excludes halogenated alkanes) is 3. The van der Waals surface area contributed by atoms with Gasteiger partial charge >= 0.3 is 0 Å². The lowest BCUT2D eigenvalue weighted by Gasteiger charge is -2.08. The molecule has 0 rings (SSSR count). The monoisotopic (exact) mass is 233 g/mol. The van der Waals surface area contributed by atoms with Crippen molar-refractivity contribution in [2.75, 3.05) is 33.0 Å². The molecule has 0 bridgehead atoms. The Labute approximate surface area is 96.7 Å². The van der Waals surface area contributed by atoms with Crippen molar-refractivity contribution in [3.05, 3.63) is 0 Å². The van der Waals surface area contributed by atoms with Crippen molar-refractivity contribution in [1.29, 1.82) is 0 Å². The fourth-order valence-electron chi connectivity index (χ4n) is 1.14. The van der Waals surface area contributed by atoms with Crippen LogP contribution in [0.2, 0.25) is 0 Å². The van der Waals surface area contributed by atoms with Crippen molar-refractivity contribution in [2.45, 2.75) is 32.6 Å². The lowest BCUT2D eigenvalue weighted by molar-refractivity contribution is -0.283. The van der Waals surface area contributed by atoms with E-state index < -0.39 is 6.16 Å². The van der Waals surface area contributed by atoms with Crippen LogP contribution < -0.4 is 5.11 Å². The van der Waals surface area contributed by atoms with E-state index in [4.69, 9.17) is 9.47 Å². The first kappa shape index (κ1) is 15.2. The summed E-state index contributed by atoms with van der Waals surface area (Å²) < 4.78 is 14.5. The molecule has 0 radical (unpaired) electrons. The molecule has 0 saturated heterocycles. The Balaban J connectivity index is 2.90. The topological polar surface area (TPSA) is 67.8 Å². The van der Waals surface area contributed by atoms with Crippen molar-refractivity contribution < 1.29 is 24.1 Å². The third-order valence-electron chi connectivity index (χ3n) is 1.96. The van der Waals surface area contributed by atoms with Gasteiger partial charge in [0.25, 0.3) is 6.16 Å². The van der Waals surface area contributed by atoms with Crippen molar-refractivity contribution in [2.24, 2.45) is 0 Å². The molecule has 0 spiro atoms. The second-order valence-corrected chi connectivity index (χ2v) is 3.38. The average Bonchev–Trinajstić information content (AvgIpc) is 2.25. The van der Waals surface area contributed by atoms with Crippen LogP contribution in [0, 0.1) is 0 Å². The number of hydrogen-bond donors (Lipinski definition) is 0. The molecule has 0 aromatic carbocycles. The van der Waals surface area contributed by atoms with E-state index >= 15 is 0 Å². The molecule has 5 heteroatoms. The molecule has 16 heavy (non-hydrogen) atoms. The van der Waals surface area contributed by atoms with Crippen molar-refractivity contribution >= 4 is 6.16 Å². The van der Waals surface area contributed by atoms with Gasteiger partial charge in [0.05, 0.1) is 26.4 Å². The minimum Gasteiger partial charge on any atom is -0.547 e. The van der Waals surface area contributed by atoms with Crippen molar-refractivity contribution in [3.8, 4) is 0 Å². The molecule has 96 valence electrons. The van der Waals surface area contributed by atoms with E-state index in [2.05, 4.69) is 11.7 Å². The summed E-state index contributed by atoms with van der Waals surface area (Å²) in [5.74, 6) is 0. The maximum atomic E-state index is 9.85. The van der Waals surface area contributed by atoms with Gasteiger partial charge in [-0.05, 0) is 6.42 Å². The first-order valence-electron chi connectivity index (χ1n) is 5.76. The molecule has 0 atom stereocenters. The van der Waals surface area contributed by atoms with Crippen LogP contribution in [0.4, 0.5) is 4.79 Å². The molecule has 0 N–H and O–H groups in total. The zero-order valence-electron chi connectivity index (χ0n) is 9.91. The van der Waals surface area contributed by atoms with Crippen LogP contribution in [-0.4, -0.2) is 39.2 Å². The van der Waals surface area contributed by atoms with Gasteiger partial charge in [-0.1, -0.05) is 26.2 Å². The quantitative estimate of drug-likeness (QED) is 0.393. The molecule has 0 amide bonds. The van der Waals surface area contributed by atoms with Crippen LogP contribution in [0.15, 0.2) is 0 Å². The van der Waals surface area contributed by atoms with Crippen LogP contribution in [0.25, 0.3) is 0 Å². The molecule has 0 heterocycles. The molecular weight excluding hydrogens is 212 g/mol. The molecule has 0 aliphatic carbocycles. The first-order valence-corrected chi connectivity index (χ1v) is 5.76. The maximum Gasteiger partial charge on any atom is 0.252 e. The van der Waals surface area contributed by atoms with E-state index in [0.29, 0.717) is 13.2 Å². The highest BCUT2D eigenvalue weighted by molar-refractivity contribution is 5.53. The fraction of sp³-hybridized carbons (Fsp3) is 0.909. The Morgan fingerprint density at radius 1 is 0.938 bits per heavy atom. The highest BCUT2D eigenvalue weighted by Gasteiger charge is 1.91. The third-order valence-corrected chi connectivity index (χ3v) is 1.96. The smallest absolute Gasteiger partial charge is 0.252 e. The average molecular weight is 233 g/mol. The summed E-state index contributed by atoms with van der Waals surface area (Å²) in [6, 6.07) is 0. The van der Waals surface area contributed by atoms with Gasteiger partial charge in [-0.15, -0.1) is 0 Å². The van der Waals surface area contributed by atoms with E-state index in [1.807, 2.05) is 0 Å². The van der Waals surface area contributed by atoms with E-state index in [-0.39, 0.29) is 13.2 Å². The number of rotatable bonds is 11. The van der Waals surface area contributed by atoms with Gasteiger partial charge < -0.3 is 24.1 Å². The normalized spacial score (nSPS) is 10.3. The molecule has 0 aromatic rings. The van der Waals surface area contributed by atoms with Crippen LogP contribution in [0.1, 0.15) is 32.6 Å². The standard InChI is InChI=1S/C11H22O5/c1-2-3-4-5-6-14-7-8-15-9-10-16-11(12)13/h2-10H2,1H3,(H,12,13)/p-1. The van der Waals surface area contributed by atoms with E-state index in [1.54, 1.807) is 0 Å². The van der Waals surface area contributed by atoms with E-state index in [1.165, 1.54) is 19.3 Å². The number of hydrogen-bond acceptors (Lipinski definition) is 5. The highest BCUT2D eigenvalue weighted by Crippen LogP contribution is 1.98. The minimum absolute atomic E-state index is 0.0127. The lowest BCUT2D eigenvalue weighted by Crippen LogP contribution is -2.25. The van der Waals surface area contributed by atoms with Crippen LogP contribution in [-0.2, 0) is 14.2 Å². The minimum atomic E-state index is -1.52. The molecule has 0 aliphatic rings. The Bertz CT molecular complexity index is 160.